The van der Waals surface area contributed by atoms with Crippen LogP contribution in [0.5, 0.6) is 0 Å². The van der Waals surface area contributed by atoms with Crippen molar-refractivity contribution in [3.63, 3.8) is 0 Å². The molecular weight excluding hydrogens is 190 g/mol. The van der Waals surface area contributed by atoms with Crippen LogP contribution in [0.25, 0.3) is 0 Å². The fraction of sp³-hybridized carbons (Fsp3) is 0.333. The highest BCUT2D eigenvalue weighted by molar-refractivity contribution is 8.00. The van der Waals surface area contributed by atoms with Crippen LogP contribution in [0.4, 0.5) is 0 Å². The SMILES string of the molecule is Cl.NCC1Cc2ccccc2S1. The Morgan fingerprint density at radius 2 is 2.17 bits per heavy atom. The van der Waals surface area contributed by atoms with Crippen LogP contribution in [-0.4, -0.2) is 11.8 Å². The lowest BCUT2D eigenvalue weighted by molar-refractivity contribution is 0.867. The maximum atomic E-state index is 5.59. The highest BCUT2D eigenvalue weighted by atomic mass is 35.5. The lowest BCUT2D eigenvalue weighted by atomic mass is 10.1. The Balaban J connectivity index is 0.000000720. The number of thioether (sulfide) groups is 1. The number of fused-ring (bicyclic) bond motifs is 1. The van der Waals surface area contributed by atoms with Gasteiger partial charge in [0, 0.05) is 16.7 Å². The molecule has 0 saturated carbocycles. The van der Waals surface area contributed by atoms with Crippen molar-refractivity contribution in [3.8, 4) is 0 Å². The van der Waals surface area contributed by atoms with Crippen LogP contribution in [0.1, 0.15) is 5.56 Å². The summed E-state index contributed by atoms with van der Waals surface area (Å²) in [6.07, 6.45) is 1.15. The molecule has 0 spiro atoms. The second-order valence-electron chi connectivity index (χ2n) is 2.79. The number of halogens is 1. The van der Waals surface area contributed by atoms with Gasteiger partial charge in [0.25, 0.3) is 0 Å². The van der Waals surface area contributed by atoms with Gasteiger partial charge >= 0.3 is 0 Å². The molecule has 1 atom stereocenters. The van der Waals surface area contributed by atoms with Gasteiger partial charge in [-0.25, -0.2) is 0 Å². The van der Waals surface area contributed by atoms with Gasteiger partial charge in [-0.05, 0) is 18.1 Å². The monoisotopic (exact) mass is 201 g/mol. The third-order valence-electron chi connectivity index (χ3n) is 1.98. The van der Waals surface area contributed by atoms with Gasteiger partial charge in [0.2, 0.25) is 0 Å². The molecule has 1 aliphatic heterocycles. The maximum absolute atomic E-state index is 5.59. The molecule has 0 aromatic heterocycles. The third-order valence-corrected chi connectivity index (χ3v) is 3.32. The van der Waals surface area contributed by atoms with E-state index in [0.717, 1.165) is 13.0 Å². The van der Waals surface area contributed by atoms with Gasteiger partial charge < -0.3 is 5.73 Å². The van der Waals surface area contributed by atoms with E-state index < -0.39 is 0 Å². The first-order valence-corrected chi connectivity index (χ1v) is 4.73. The van der Waals surface area contributed by atoms with Crippen LogP contribution in [0, 0.1) is 0 Å². The molecule has 3 heteroatoms. The van der Waals surface area contributed by atoms with Crippen LogP contribution in [0.3, 0.4) is 0 Å². The van der Waals surface area contributed by atoms with Crippen molar-refractivity contribution in [2.45, 2.75) is 16.6 Å². The smallest absolute Gasteiger partial charge is 0.0258 e. The summed E-state index contributed by atoms with van der Waals surface area (Å²) < 4.78 is 0. The Kier molecular flexibility index (Phi) is 3.44. The van der Waals surface area contributed by atoms with Gasteiger partial charge in [-0.3, -0.25) is 0 Å². The quantitative estimate of drug-likeness (QED) is 0.753. The third kappa shape index (κ3) is 1.76. The highest BCUT2D eigenvalue weighted by Crippen LogP contribution is 2.35. The molecule has 2 N–H and O–H groups in total. The second kappa shape index (κ2) is 4.17. The van der Waals surface area contributed by atoms with Crippen molar-refractivity contribution >= 4 is 24.2 Å². The first-order chi connectivity index (χ1) is 5.40. The second-order valence-corrected chi connectivity index (χ2v) is 4.13. The van der Waals surface area contributed by atoms with E-state index in [1.54, 1.807) is 0 Å². The normalized spacial score (nSPS) is 19.9. The molecule has 0 fully saturated rings. The molecule has 0 radical (unpaired) electrons. The summed E-state index contributed by atoms with van der Waals surface area (Å²) in [6, 6.07) is 8.55. The van der Waals surface area contributed by atoms with Gasteiger partial charge in [0.15, 0.2) is 0 Å². The van der Waals surface area contributed by atoms with Crippen molar-refractivity contribution in [3.05, 3.63) is 29.8 Å². The van der Waals surface area contributed by atoms with Crippen molar-refractivity contribution in [2.24, 2.45) is 5.73 Å². The summed E-state index contributed by atoms with van der Waals surface area (Å²) in [7, 11) is 0. The zero-order valence-electron chi connectivity index (χ0n) is 6.69. The molecule has 12 heavy (non-hydrogen) atoms. The summed E-state index contributed by atoms with van der Waals surface area (Å²) in [4.78, 5) is 1.42. The topological polar surface area (TPSA) is 26.0 Å². The number of hydrogen-bond donors (Lipinski definition) is 1. The molecule has 1 aliphatic rings. The molecule has 1 heterocycles. The molecule has 1 aromatic carbocycles. The number of rotatable bonds is 1. The first kappa shape index (κ1) is 9.90. The molecule has 0 aliphatic carbocycles. The van der Waals surface area contributed by atoms with Crippen LogP contribution < -0.4 is 5.73 Å². The Morgan fingerprint density at radius 1 is 1.42 bits per heavy atom. The predicted molar refractivity (Wildman–Crippen MR) is 56.1 cm³/mol. The van der Waals surface area contributed by atoms with Gasteiger partial charge in [-0.2, -0.15) is 0 Å². The van der Waals surface area contributed by atoms with E-state index in [0.29, 0.717) is 5.25 Å². The maximum Gasteiger partial charge on any atom is 0.0258 e. The molecule has 1 nitrogen and oxygen atoms in total. The van der Waals surface area contributed by atoms with Crippen molar-refractivity contribution in [1.82, 2.24) is 0 Å². The Morgan fingerprint density at radius 3 is 2.83 bits per heavy atom. The molecule has 2 rings (SSSR count). The van der Waals surface area contributed by atoms with Gasteiger partial charge in [-0.1, -0.05) is 18.2 Å². The van der Waals surface area contributed by atoms with E-state index in [9.17, 15) is 0 Å². The van der Waals surface area contributed by atoms with E-state index in [1.165, 1.54) is 10.5 Å². The fourth-order valence-corrected chi connectivity index (χ4v) is 2.56. The summed E-state index contributed by atoms with van der Waals surface area (Å²) in [5.74, 6) is 0. The zero-order chi connectivity index (χ0) is 7.68. The summed E-state index contributed by atoms with van der Waals surface area (Å²) >= 11 is 1.91. The van der Waals surface area contributed by atoms with E-state index >= 15 is 0 Å². The summed E-state index contributed by atoms with van der Waals surface area (Å²) in [6.45, 7) is 0.791. The van der Waals surface area contributed by atoms with Crippen molar-refractivity contribution < 1.29 is 0 Å². The van der Waals surface area contributed by atoms with E-state index in [1.807, 2.05) is 11.8 Å². The molecule has 1 unspecified atom stereocenters. The lowest BCUT2D eigenvalue weighted by Gasteiger charge is -2.00. The Hall–Kier alpha value is -0.180. The first-order valence-electron chi connectivity index (χ1n) is 3.85. The standard InChI is InChI=1S/C9H11NS.ClH/c10-6-8-5-7-3-1-2-4-9(7)11-8;/h1-4,8H,5-6,10H2;1H. The molecular formula is C9H12ClNS. The van der Waals surface area contributed by atoms with Crippen LogP contribution in [0.2, 0.25) is 0 Å². The number of nitrogens with two attached hydrogens (primary N) is 1. The summed E-state index contributed by atoms with van der Waals surface area (Å²) in [5, 5.41) is 0.618. The van der Waals surface area contributed by atoms with Gasteiger partial charge in [0.1, 0.15) is 0 Å². The van der Waals surface area contributed by atoms with Crippen LogP contribution >= 0.6 is 24.2 Å². The number of benzene rings is 1. The van der Waals surface area contributed by atoms with Crippen LogP contribution in [0.15, 0.2) is 29.2 Å². The zero-order valence-corrected chi connectivity index (χ0v) is 8.33. The number of hydrogen-bond acceptors (Lipinski definition) is 2. The lowest BCUT2D eigenvalue weighted by Crippen LogP contribution is -2.15. The molecule has 0 bridgehead atoms. The summed E-state index contributed by atoms with van der Waals surface area (Å²) in [5.41, 5.74) is 7.06. The fourth-order valence-electron chi connectivity index (χ4n) is 1.39. The molecule has 0 amide bonds. The largest absolute Gasteiger partial charge is 0.329 e. The van der Waals surface area contributed by atoms with E-state index in [4.69, 9.17) is 5.73 Å². The highest BCUT2D eigenvalue weighted by Gasteiger charge is 2.19. The minimum absolute atomic E-state index is 0. The average molecular weight is 202 g/mol. The van der Waals surface area contributed by atoms with Crippen molar-refractivity contribution in [1.29, 1.82) is 0 Å². The predicted octanol–water partition coefficient (Wildman–Crippen LogP) is 2.08. The molecule has 66 valence electrons. The van der Waals surface area contributed by atoms with Gasteiger partial charge in [-0.15, -0.1) is 24.2 Å². The van der Waals surface area contributed by atoms with E-state index in [2.05, 4.69) is 24.3 Å². The molecule has 1 aromatic rings. The van der Waals surface area contributed by atoms with Crippen LogP contribution in [-0.2, 0) is 6.42 Å². The van der Waals surface area contributed by atoms with E-state index in [-0.39, 0.29) is 12.4 Å². The Bertz CT molecular complexity index is 239. The molecule has 0 saturated heterocycles. The minimum Gasteiger partial charge on any atom is -0.329 e. The average Bonchev–Trinajstić information content (AvgIpc) is 2.46. The Labute approximate surface area is 83.1 Å². The van der Waals surface area contributed by atoms with Crippen molar-refractivity contribution in [2.75, 3.05) is 6.54 Å². The minimum atomic E-state index is 0. The van der Waals surface area contributed by atoms with Gasteiger partial charge in [0.05, 0.1) is 0 Å².